The second-order valence-corrected chi connectivity index (χ2v) is 8.71. The molecule has 2 heterocycles. The Hall–Kier alpha value is -4.05. The molecular formula is C29H24N2O2. The van der Waals surface area contributed by atoms with Crippen molar-refractivity contribution in [1.82, 2.24) is 0 Å². The maximum absolute atomic E-state index is 13.1. The van der Waals surface area contributed by atoms with Gasteiger partial charge in [-0.05, 0) is 71.1 Å². The van der Waals surface area contributed by atoms with Crippen molar-refractivity contribution in [2.24, 2.45) is 0 Å². The van der Waals surface area contributed by atoms with Gasteiger partial charge in [0, 0.05) is 24.5 Å². The normalized spacial score (nSPS) is 13.8. The minimum atomic E-state index is -0.337. The second-order valence-electron chi connectivity index (χ2n) is 8.71. The van der Waals surface area contributed by atoms with Gasteiger partial charge in [-0.2, -0.15) is 0 Å². The molecule has 162 valence electrons. The van der Waals surface area contributed by atoms with Crippen LogP contribution in [0.4, 0.5) is 11.4 Å². The van der Waals surface area contributed by atoms with E-state index in [2.05, 4.69) is 52.3 Å². The predicted molar refractivity (Wildman–Crippen MR) is 132 cm³/mol. The summed E-state index contributed by atoms with van der Waals surface area (Å²) in [5, 5.41) is 0. The molecule has 0 saturated heterocycles. The molecule has 0 aliphatic carbocycles. The zero-order valence-corrected chi connectivity index (χ0v) is 18.5. The highest BCUT2D eigenvalue weighted by Crippen LogP contribution is 2.40. The molecule has 0 amide bonds. The van der Waals surface area contributed by atoms with Crippen LogP contribution in [-0.2, 0) is 13.1 Å². The van der Waals surface area contributed by atoms with Gasteiger partial charge in [-0.15, -0.1) is 0 Å². The van der Waals surface area contributed by atoms with E-state index in [-0.39, 0.29) is 5.97 Å². The van der Waals surface area contributed by atoms with Crippen molar-refractivity contribution in [3.8, 4) is 16.9 Å². The van der Waals surface area contributed by atoms with Gasteiger partial charge in [0.2, 0.25) is 0 Å². The van der Waals surface area contributed by atoms with Crippen LogP contribution in [0.3, 0.4) is 0 Å². The van der Waals surface area contributed by atoms with Gasteiger partial charge in [-0.1, -0.05) is 54.6 Å². The van der Waals surface area contributed by atoms with Gasteiger partial charge in [0.05, 0.1) is 12.2 Å². The predicted octanol–water partition coefficient (Wildman–Crippen LogP) is 6.18. The summed E-state index contributed by atoms with van der Waals surface area (Å²) in [5.41, 5.74) is 8.84. The highest BCUT2D eigenvalue weighted by Gasteiger charge is 2.29. The molecule has 33 heavy (non-hydrogen) atoms. The Labute approximate surface area is 193 Å². The standard InChI is InChI=1S/C29H24N2O2/c1-20-8-7-12-25(29(32)33-24-10-3-2-4-11-24)28(20)21-14-15-27-23(16-21)18-31-19-30(27)17-22-9-5-6-13-26(22)31/h2-16H,17-19H2,1H3. The molecule has 4 aromatic rings. The van der Waals surface area contributed by atoms with Crippen molar-refractivity contribution in [3.63, 3.8) is 0 Å². The number of rotatable bonds is 3. The van der Waals surface area contributed by atoms with Gasteiger partial charge in [-0.3, -0.25) is 0 Å². The molecule has 0 aromatic heterocycles. The van der Waals surface area contributed by atoms with Gasteiger partial charge in [-0.25, -0.2) is 4.79 Å². The number of hydrogen-bond donors (Lipinski definition) is 0. The van der Waals surface area contributed by atoms with E-state index in [0.29, 0.717) is 11.3 Å². The van der Waals surface area contributed by atoms with Crippen LogP contribution < -0.4 is 14.5 Å². The lowest BCUT2D eigenvalue weighted by atomic mass is 9.92. The summed E-state index contributed by atoms with van der Waals surface area (Å²) >= 11 is 0. The highest BCUT2D eigenvalue weighted by molar-refractivity contribution is 5.99. The maximum Gasteiger partial charge on any atom is 0.344 e. The molecule has 2 aliphatic heterocycles. The van der Waals surface area contributed by atoms with Crippen LogP contribution in [0.5, 0.6) is 5.75 Å². The third-order valence-electron chi connectivity index (χ3n) is 6.55. The molecular weight excluding hydrogens is 408 g/mol. The summed E-state index contributed by atoms with van der Waals surface area (Å²) in [6, 6.07) is 30.3. The summed E-state index contributed by atoms with van der Waals surface area (Å²) < 4.78 is 5.67. The molecule has 4 nitrogen and oxygen atoms in total. The molecule has 0 saturated carbocycles. The van der Waals surface area contributed by atoms with E-state index in [1.165, 1.54) is 22.5 Å². The largest absolute Gasteiger partial charge is 0.423 e. The molecule has 0 radical (unpaired) electrons. The lowest BCUT2D eigenvalue weighted by Gasteiger charge is -2.44. The fourth-order valence-corrected chi connectivity index (χ4v) is 5.04. The van der Waals surface area contributed by atoms with Crippen LogP contribution >= 0.6 is 0 Å². The number of esters is 1. The summed E-state index contributed by atoms with van der Waals surface area (Å²) in [4.78, 5) is 18.0. The first-order valence-electron chi connectivity index (χ1n) is 11.3. The minimum absolute atomic E-state index is 0.337. The van der Waals surface area contributed by atoms with Gasteiger partial charge < -0.3 is 14.5 Å². The van der Waals surface area contributed by atoms with E-state index in [1.807, 2.05) is 43.3 Å². The smallest absolute Gasteiger partial charge is 0.344 e. The molecule has 0 atom stereocenters. The number of benzene rings is 4. The Kier molecular flexibility index (Phi) is 4.65. The molecule has 0 spiro atoms. The molecule has 4 heteroatoms. The SMILES string of the molecule is Cc1cccc(C(=O)Oc2ccccc2)c1-c1ccc2c(c1)CN1CN2Cc2ccccc21. The fourth-order valence-electron chi connectivity index (χ4n) is 5.04. The summed E-state index contributed by atoms with van der Waals surface area (Å²) in [7, 11) is 0. The second kappa shape index (κ2) is 7.82. The lowest BCUT2D eigenvalue weighted by Crippen LogP contribution is -2.46. The Morgan fingerprint density at radius 2 is 1.48 bits per heavy atom. The average molecular weight is 433 g/mol. The summed E-state index contributed by atoms with van der Waals surface area (Å²) in [6.45, 7) is 4.72. The van der Waals surface area contributed by atoms with E-state index < -0.39 is 0 Å². The molecule has 0 N–H and O–H groups in total. The summed E-state index contributed by atoms with van der Waals surface area (Å²) in [5.74, 6) is 0.211. The van der Waals surface area contributed by atoms with Crippen LogP contribution in [-0.4, -0.2) is 12.6 Å². The molecule has 2 aliphatic rings. The molecule has 0 fully saturated rings. The number of aryl methyl sites for hydroxylation is 1. The van der Waals surface area contributed by atoms with Crippen molar-refractivity contribution >= 4 is 17.3 Å². The first-order chi connectivity index (χ1) is 16.2. The number of para-hydroxylation sites is 2. The summed E-state index contributed by atoms with van der Waals surface area (Å²) in [6.07, 6.45) is 0. The van der Waals surface area contributed by atoms with E-state index >= 15 is 0 Å². The third kappa shape index (κ3) is 3.44. The fraction of sp³-hybridized carbons (Fsp3) is 0.138. The number of fused-ring (bicyclic) bond motifs is 6. The van der Waals surface area contributed by atoms with Crippen LogP contribution in [0.1, 0.15) is 27.0 Å². The van der Waals surface area contributed by atoms with Gasteiger partial charge >= 0.3 is 5.97 Å². The van der Waals surface area contributed by atoms with E-state index in [4.69, 9.17) is 4.74 Å². The average Bonchev–Trinajstić information content (AvgIpc) is 2.84. The van der Waals surface area contributed by atoms with Crippen molar-refractivity contribution in [2.75, 3.05) is 16.5 Å². The quantitative estimate of drug-likeness (QED) is 0.286. The van der Waals surface area contributed by atoms with Crippen LogP contribution in [0.2, 0.25) is 0 Å². The van der Waals surface area contributed by atoms with Crippen molar-refractivity contribution in [2.45, 2.75) is 20.0 Å². The van der Waals surface area contributed by atoms with E-state index in [0.717, 1.165) is 36.4 Å². The molecule has 4 aromatic carbocycles. The first kappa shape index (κ1) is 19.6. The van der Waals surface area contributed by atoms with Crippen molar-refractivity contribution in [3.05, 3.63) is 113 Å². The number of carbonyl (C=O) groups excluding carboxylic acids is 1. The number of nitrogens with zero attached hydrogens (tertiary/aromatic N) is 2. The third-order valence-corrected chi connectivity index (χ3v) is 6.55. The number of anilines is 2. The molecule has 2 bridgehead atoms. The molecule has 0 unspecified atom stereocenters. The highest BCUT2D eigenvalue weighted by atomic mass is 16.5. The minimum Gasteiger partial charge on any atom is -0.423 e. The van der Waals surface area contributed by atoms with E-state index in [9.17, 15) is 4.79 Å². The number of carbonyl (C=O) groups is 1. The first-order valence-corrected chi connectivity index (χ1v) is 11.3. The van der Waals surface area contributed by atoms with Crippen molar-refractivity contribution in [1.29, 1.82) is 0 Å². The monoisotopic (exact) mass is 432 g/mol. The Balaban J connectivity index is 1.38. The Morgan fingerprint density at radius 1 is 0.758 bits per heavy atom. The van der Waals surface area contributed by atoms with Gasteiger partial charge in [0.1, 0.15) is 5.75 Å². The maximum atomic E-state index is 13.1. The van der Waals surface area contributed by atoms with Gasteiger partial charge in [0.15, 0.2) is 0 Å². The van der Waals surface area contributed by atoms with E-state index in [1.54, 1.807) is 12.1 Å². The zero-order valence-electron chi connectivity index (χ0n) is 18.5. The van der Waals surface area contributed by atoms with Crippen molar-refractivity contribution < 1.29 is 9.53 Å². The number of ether oxygens (including phenoxy) is 1. The number of hydrogen-bond acceptors (Lipinski definition) is 4. The Morgan fingerprint density at radius 3 is 2.33 bits per heavy atom. The lowest BCUT2D eigenvalue weighted by molar-refractivity contribution is 0.0735. The molecule has 6 rings (SSSR count). The zero-order chi connectivity index (χ0) is 22.4. The topological polar surface area (TPSA) is 32.8 Å². The van der Waals surface area contributed by atoms with Crippen LogP contribution in [0.25, 0.3) is 11.1 Å². The van der Waals surface area contributed by atoms with Gasteiger partial charge in [0.25, 0.3) is 0 Å². The van der Waals surface area contributed by atoms with Crippen LogP contribution in [0, 0.1) is 6.92 Å². The Bertz CT molecular complexity index is 1360. The van der Waals surface area contributed by atoms with Crippen LogP contribution in [0.15, 0.2) is 91.0 Å².